The molecule has 1 aliphatic rings. The lowest BCUT2D eigenvalue weighted by Gasteiger charge is -2.30. The largest absolute Gasteiger partial charge is 0.476 e. The number of piperidine rings is 1. The minimum atomic E-state index is -1.04. The van der Waals surface area contributed by atoms with Crippen LogP contribution in [-0.2, 0) is 0 Å². The number of anilines is 1. The third-order valence-corrected chi connectivity index (χ3v) is 4.47. The summed E-state index contributed by atoms with van der Waals surface area (Å²) in [6.45, 7) is 3.86. The zero-order chi connectivity index (χ0) is 15.7. The highest BCUT2D eigenvalue weighted by Gasteiger charge is 2.26. The first kappa shape index (κ1) is 15.0. The molecular weight excluding hydrogens is 348 g/mol. The minimum absolute atomic E-state index is 0.0115. The number of carboxylic acid groups (broad SMARTS) is 1. The second-order valence-electron chi connectivity index (χ2n) is 5.61. The summed E-state index contributed by atoms with van der Waals surface area (Å²) >= 11 is 3.38. The van der Waals surface area contributed by atoms with E-state index in [9.17, 15) is 9.90 Å². The summed E-state index contributed by atoms with van der Waals surface area (Å²) in [7, 11) is 0. The second kappa shape index (κ2) is 6.08. The summed E-state index contributed by atoms with van der Waals surface area (Å²) < 4.78 is 0.951. The summed E-state index contributed by atoms with van der Waals surface area (Å²) in [6, 6.07) is 7.44. The second-order valence-corrected chi connectivity index (χ2v) is 6.53. The normalized spacial score (nSPS) is 16.0. The van der Waals surface area contributed by atoms with E-state index in [1.54, 1.807) is 0 Å². The minimum Gasteiger partial charge on any atom is -0.476 e. The summed E-state index contributed by atoms with van der Waals surface area (Å²) in [5.41, 5.74) is 0.750. The molecule has 0 amide bonds. The van der Waals surface area contributed by atoms with Gasteiger partial charge in [-0.1, -0.05) is 22.9 Å². The molecule has 0 aliphatic carbocycles. The van der Waals surface area contributed by atoms with Crippen molar-refractivity contribution in [2.75, 3.05) is 18.0 Å². The molecule has 2 heterocycles. The number of carbonyl (C=O) groups is 1. The highest BCUT2D eigenvalue weighted by molar-refractivity contribution is 9.10. The Morgan fingerprint density at radius 2 is 1.86 bits per heavy atom. The Morgan fingerprint density at radius 1 is 1.23 bits per heavy atom. The van der Waals surface area contributed by atoms with Crippen molar-refractivity contribution >= 4 is 27.7 Å². The average Bonchev–Trinajstić information content (AvgIpc) is 2.94. The number of rotatable bonds is 3. The molecule has 0 saturated carbocycles. The van der Waals surface area contributed by atoms with Crippen LogP contribution in [0.2, 0.25) is 0 Å². The molecule has 22 heavy (non-hydrogen) atoms. The molecule has 2 aromatic rings. The van der Waals surface area contributed by atoms with Crippen LogP contribution in [0.25, 0.3) is 5.69 Å². The van der Waals surface area contributed by atoms with Gasteiger partial charge in [0, 0.05) is 17.6 Å². The highest BCUT2D eigenvalue weighted by atomic mass is 79.9. The van der Waals surface area contributed by atoms with E-state index >= 15 is 0 Å². The molecule has 0 spiro atoms. The average molecular weight is 365 g/mol. The fraction of sp³-hybridized carbons (Fsp3) is 0.400. The maximum Gasteiger partial charge on any atom is 0.360 e. The Kier molecular flexibility index (Phi) is 4.15. The molecule has 3 rings (SSSR count). The van der Waals surface area contributed by atoms with Gasteiger partial charge in [-0.2, -0.15) is 0 Å². The highest BCUT2D eigenvalue weighted by Crippen LogP contribution is 2.24. The van der Waals surface area contributed by atoms with Crippen LogP contribution < -0.4 is 4.90 Å². The third-order valence-electron chi connectivity index (χ3n) is 3.94. The first-order valence-electron chi connectivity index (χ1n) is 7.26. The summed E-state index contributed by atoms with van der Waals surface area (Å²) in [5.74, 6) is 0.0883. The molecule has 7 heteroatoms. The molecule has 6 nitrogen and oxygen atoms in total. The molecule has 0 radical (unpaired) electrons. The lowest BCUT2D eigenvalue weighted by atomic mass is 9.99. The predicted octanol–water partition coefficient (Wildman–Crippen LogP) is 2.96. The molecule has 1 N–H and O–H groups in total. The van der Waals surface area contributed by atoms with Crippen LogP contribution in [0.5, 0.6) is 0 Å². The van der Waals surface area contributed by atoms with Gasteiger partial charge in [0.05, 0.1) is 5.69 Å². The van der Waals surface area contributed by atoms with Crippen molar-refractivity contribution in [3.8, 4) is 5.69 Å². The Balaban J connectivity index is 1.95. The lowest BCUT2D eigenvalue weighted by molar-refractivity contribution is 0.0690. The van der Waals surface area contributed by atoms with Crippen LogP contribution in [-0.4, -0.2) is 39.2 Å². The van der Waals surface area contributed by atoms with Crippen molar-refractivity contribution in [1.82, 2.24) is 15.0 Å². The fourth-order valence-corrected chi connectivity index (χ4v) is 2.82. The molecule has 1 aliphatic heterocycles. The Bertz CT molecular complexity index is 675. The molecule has 0 unspecified atom stereocenters. The summed E-state index contributed by atoms with van der Waals surface area (Å²) in [6.07, 6.45) is 2.09. The van der Waals surface area contributed by atoms with Gasteiger partial charge < -0.3 is 10.0 Å². The molecule has 1 aromatic carbocycles. The summed E-state index contributed by atoms with van der Waals surface area (Å²) in [5, 5.41) is 18.0. The topological polar surface area (TPSA) is 71.2 Å². The monoisotopic (exact) mass is 364 g/mol. The van der Waals surface area contributed by atoms with E-state index in [2.05, 4.69) is 33.1 Å². The molecule has 116 valence electrons. The van der Waals surface area contributed by atoms with Gasteiger partial charge >= 0.3 is 5.97 Å². The number of benzene rings is 1. The van der Waals surface area contributed by atoms with E-state index in [1.165, 1.54) is 4.80 Å². The van der Waals surface area contributed by atoms with E-state index in [4.69, 9.17) is 0 Å². The maximum absolute atomic E-state index is 11.5. The van der Waals surface area contributed by atoms with E-state index in [0.717, 1.165) is 36.1 Å². The molecule has 1 fully saturated rings. The predicted molar refractivity (Wildman–Crippen MR) is 86.6 cm³/mol. The van der Waals surface area contributed by atoms with Gasteiger partial charge in [0.1, 0.15) is 0 Å². The fourth-order valence-electron chi connectivity index (χ4n) is 2.56. The van der Waals surface area contributed by atoms with Gasteiger partial charge in [0.25, 0.3) is 0 Å². The number of hydrogen-bond donors (Lipinski definition) is 1. The van der Waals surface area contributed by atoms with Crippen molar-refractivity contribution in [3.05, 3.63) is 34.4 Å². The maximum atomic E-state index is 11.5. The zero-order valence-corrected chi connectivity index (χ0v) is 13.8. The van der Waals surface area contributed by atoms with E-state index < -0.39 is 5.97 Å². The van der Waals surface area contributed by atoms with Crippen LogP contribution in [0.1, 0.15) is 30.3 Å². The number of halogens is 1. The summed E-state index contributed by atoms with van der Waals surface area (Å²) in [4.78, 5) is 14.9. The first-order valence-corrected chi connectivity index (χ1v) is 8.05. The molecular formula is C15H17BrN4O2. The van der Waals surface area contributed by atoms with Gasteiger partial charge in [0.2, 0.25) is 5.69 Å². The van der Waals surface area contributed by atoms with Gasteiger partial charge in [0.15, 0.2) is 5.82 Å². The smallest absolute Gasteiger partial charge is 0.360 e. The first-order chi connectivity index (χ1) is 10.5. The van der Waals surface area contributed by atoms with Crippen LogP contribution in [0.15, 0.2) is 28.7 Å². The molecule has 1 aromatic heterocycles. The number of carboxylic acids is 1. The standard InChI is InChI=1S/C15H17BrN4O2/c1-10-6-8-19(9-7-10)14-13(15(21)22)17-20(18-14)12-4-2-11(16)3-5-12/h2-5,10H,6-9H2,1H3,(H,21,22). The van der Waals surface area contributed by atoms with Crippen molar-refractivity contribution in [2.45, 2.75) is 19.8 Å². The SMILES string of the molecule is CC1CCN(c2nn(-c3ccc(Br)cc3)nc2C(=O)O)CC1. The van der Waals surface area contributed by atoms with Crippen LogP contribution in [0.3, 0.4) is 0 Å². The van der Waals surface area contributed by atoms with Crippen LogP contribution >= 0.6 is 15.9 Å². The van der Waals surface area contributed by atoms with Gasteiger partial charge in [-0.25, -0.2) is 4.79 Å². The molecule has 0 bridgehead atoms. The van der Waals surface area contributed by atoms with Crippen molar-refractivity contribution < 1.29 is 9.90 Å². The van der Waals surface area contributed by atoms with Crippen molar-refractivity contribution in [2.24, 2.45) is 5.92 Å². The molecule has 0 atom stereocenters. The van der Waals surface area contributed by atoms with Crippen molar-refractivity contribution in [1.29, 1.82) is 0 Å². The van der Waals surface area contributed by atoms with Gasteiger partial charge in [-0.05, 0) is 43.0 Å². The van der Waals surface area contributed by atoms with E-state index in [-0.39, 0.29) is 5.69 Å². The Morgan fingerprint density at radius 3 is 2.45 bits per heavy atom. The third kappa shape index (κ3) is 2.99. The zero-order valence-electron chi connectivity index (χ0n) is 12.2. The van der Waals surface area contributed by atoms with Crippen molar-refractivity contribution in [3.63, 3.8) is 0 Å². The Labute approximate surface area is 136 Å². The number of aromatic carboxylic acids is 1. The van der Waals surface area contributed by atoms with E-state index in [1.807, 2.05) is 29.2 Å². The number of hydrogen-bond acceptors (Lipinski definition) is 4. The Hall–Kier alpha value is -1.89. The van der Waals surface area contributed by atoms with E-state index in [0.29, 0.717) is 11.7 Å². The van der Waals surface area contributed by atoms with Gasteiger partial charge in [-0.3, -0.25) is 0 Å². The van der Waals surface area contributed by atoms with Crippen LogP contribution in [0, 0.1) is 5.92 Å². The quantitative estimate of drug-likeness (QED) is 0.906. The number of nitrogens with zero attached hydrogens (tertiary/aromatic N) is 4. The number of aromatic nitrogens is 3. The van der Waals surface area contributed by atoms with Crippen LogP contribution in [0.4, 0.5) is 5.82 Å². The lowest BCUT2D eigenvalue weighted by Crippen LogP contribution is -2.34. The van der Waals surface area contributed by atoms with Gasteiger partial charge in [-0.15, -0.1) is 15.0 Å². The molecule has 1 saturated heterocycles.